The second-order valence-electron chi connectivity index (χ2n) is 5.11. The molecule has 1 aromatic carbocycles. The molecular formula is C13H14F3NO2. The van der Waals surface area contributed by atoms with Crippen molar-refractivity contribution in [3.05, 3.63) is 34.9 Å². The first kappa shape index (κ1) is 13.9. The fourth-order valence-electron chi connectivity index (χ4n) is 2.67. The van der Waals surface area contributed by atoms with E-state index in [0.29, 0.717) is 11.1 Å². The molecule has 6 heteroatoms. The Labute approximate surface area is 108 Å². The molecule has 2 rings (SSSR count). The molecule has 3 N–H and O–H groups in total. The molecule has 104 valence electrons. The van der Waals surface area contributed by atoms with Crippen LogP contribution in [0, 0.1) is 0 Å². The Bertz CT molecular complexity index is 527. The van der Waals surface area contributed by atoms with Crippen molar-refractivity contribution in [2.45, 2.75) is 37.4 Å². The second-order valence-corrected chi connectivity index (χ2v) is 5.11. The van der Waals surface area contributed by atoms with E-state index in [9.17, 15) is 18.0 Å². The number of halogens is 3. The minimum absolute atomic E-state index is 0.153. The average molecular weight is 273 g/mol. The first-order valence-electron chi connectivity index (χ1n) is 5.84. The molecule has 0 radical (unpaired) electrons. The van der Waals surface area contributed by atoms with E-state index in [-0.39, 0.29) is 18.8 Å². The van der Waals surface area contributed by atoms with Gasteiger partial charge in [0.2, 0.25) is 0 Å². The molecule has 0 saturated carbocycles. The van der Waals surface area contributed by atoms with Crippen LogP contribution in [-0.4, -0.2) is 16.6 Å². The molecule has 2 unspecified atom stereocenters. The molecule has 19 heavy (non-hydrogen) atoms. The molecule has 0 spiro atoms. The Morgan fingerprint density at radius 3 is 2.68 bits per heavy atom. The summed E-state index contributed by atoms with van der Waals surface area (Å²) in [7, 11) is 0. The van der Waals surface area contributed by atoms with E-state index in [0.717, 1.165) is 12.1 Å². The van der Waals surface area contributed by atoms with Gasteiger partial charge in [-0.25, -0.2) is 0 Å². The first-order valence-corrected chi connectivity index (χ1v) is 5.84. The van der Waals surface area contributed by atoms with Crippen molar-refractivity contribution >= 4 is 5.97 Å². The summed E-state index contributed by atoms with van der Waals surface area (Å²) in [5.41, 5.74) is 5.51. The smallest absolute Gasteiger partial charge is 0.416 e. The Morgan fingerprint density at radius 1 is 1.53 bits per heavy atom. The molecule has 3 nitrogen and oxygen atoms in total. The lowest BCUT2D eigenvalue weighted by Gasteiger charge is -2.27. The van der Waals surface area contributed by atoms with Crippen LogP contribution in [-0.2, 0) is 17.4 Å². The van der Waals surface area contributed by atoms with E-state index in [2.05, 4.69) is 0 Å². The van der Waals surface area contributed by atoms with Crippen LogP contribution < -0.4 is 5.73 Å². The zero-order valence-corrected chi connectivity index (χ0v) is 10.3. The third-order valence-corrected chi connectivity index (χ3v) is 3.80. The van der Waals surface area contributed by atoms with Gasteiger partial charge in [0.25, 0.3) is 0 Å². The van der Waals surface area contributed by atoms with Gasteiger partial charge in [-0.05, 0) is 29.7 Å². The Hall–Kier alpha value is -1.56. The molecule has 0 amide bonds. The highest BCUT2D eigenvalue weighted by Crippen LogP contribution is 2.43. The van der Waals surface area contributed by atoms with Crippen LogP contribution in [0.2, 0.25) is 0 Å². The maximum Gasteiger partial charge on any atom is 0.416 e. The van der Waals surface area contributed by atoms with Crippen LogP contribution in [0.3, 0.4) is 0 Å². The van der Waals surface area contributed by atoms with Crippen molar-refractivity contribution in [3.63, 3.8) is 0 Å². The Balaban J connectivity index is 2.38. The van der Waals surface area contributed by atoms with Gasteiger partial charge in [-0.15, -0.1) is 0 Å². The third-order valence-electron chi connectivity index (χ3n) is 3.80. The molecule has 0 fully saturated rings. The predicted octanol–water partition coefficient (Wildman–Crippen LogP) is 2.54. The number of benzene rings is 1. The predicted molar refractivity (Wildman–Crippen MR) is 62.7 cm³/mol. The number of hydrogen-bond acceptors (Lipinski definition) is 2. The molecule has 0 aromatic heterocycles. The van der Waals surface area contributed by atoms with E-state index in [1.807, 2.05) is 0 Å². The van der Waals surface area contributed by atoms with Gasteiger partial charge in [0.05, 0.1) is 12.0 Å². The number of carboxylic acids is 1. The summed E-state index contributed by atoms with van der Waals surface area (Å²) < 4.78 is 37.9. The van der Waals surface area contributed by atoms with E-state index in [1.165, 1.54) is 6.07 Å². The van der Waals surface area contributed by atoms with Crippen LogP contribution in [0.4, 0.5) is 13.2 Å². The standard InChI is InChI=1S/C13H14F3NO2/c1-7-10-3-2-9(13(14,15)16)4-8(10)5-12(7,17)6-11(18)19/h2-4,7H,5-6,17H2,1H3,(H,18,19). The molecule has 0 bridgehead atoms. The van der Waals surface area contributed by atoms with Crippen molar-refractivity contribution in [1.29, 1.82) is 0 Å². The molecule has 2 atom stereocenters. The van der Waals surface area contributed by atoms with Gasteiger partial charge in [-0.1, -0.05) is 13.0 Å². The molecule has 0 heterocycles. The van der Waals surface area contributed by atoms with Crippen molar-refractivity contribution in [2.75, 3.05) is 0 Å². The zero-order chi connectivity index (χ0) is 14.4. The topological polar surface area (TPSA) is 63.3 Å². The minimum atomic E-state index is -4.40. The summed E-state index contributed by atoms with van der Waals surface area (Å²) in [6, 6.07) is 3.49. The third kappa shape index (κ3) is 2.45. The van der Waals surface area contributed by atoms with Crippen molar-refractivity contribution in [2.24, 2.45) is 5.73 Å². The largest absolute Gasteiger partial charge is 0.481 e. The van der Waals surface area contributed by atoms with Crippen molar-refractivity contribution in [1.82, 2.24) is 0 Å². The molecule has 0 saturated heterocycles. The van der Waals surface area contributed by atoms with Crippen LogP contribution in [0.1, 0.15) is 36.0 Å². The highest BCUT2D eigenvalue weighted by molar-refractivity contribution is 5.69. The van der Waals surface area contributed by atoms with Gasteiger partial charge in [0.1, 0.15) is 0 Å². The number of aliphatic carboxylic acids is 1. The average Bonchev–Trinajstić information content (AvgIpc) is 2.48. The van der Waals surface area contributed by atoms with Gasteiger partial charge in [-0.3, -0.25) is 4.79 Å². The number of carbonyl (C=O) groups is 1. The number of hydrogen-bond donors (Lipinski definition) is 2. The number of fused-ring (bicyclic) bond motifs is 1. The summed E-state index contributed by atoms with van der Waals surface area (Å²) in [5, 5.41) is 8.86. The molecular weight excluding hydrogens is 259 g/mol. The quantitative estimate of drug-likeness (QED) is 0.870. The molecule has 0 aliphatic heterocycles. The van der Waals surface area contributed by atoms with Gasteiger partial charge in [0.15, 0.2) is 0 Å². The van der Waals surface area contributed by atoms with E-state index in [1.54, 1.807) is 6.92 Å². The van der Waals surface area contributed by atoms with Gasteiger partial charge in [0, 0.05) is 11.5 Å². The van der Waals surface area contributed by atoms with E-state index >= 15 is 0 Å². The number of nitrogens with two attached hydrogens (primary N) is 1. The summed E-state index contributed by atoms with van der Waals surface area (Å²) >= 11 is 0. The first-order chi connectivity index (χ1) is 8.63. The van der Waals surface area contributed by atoms with Crippen LogP contribution >= 0.6 is 0 Å². The van der Waals surface area contributed by atoms with Crippen molar-refractivity contribution in [3.8, 4) is 0 Å². The van der Waals surface area contributed by atoms with Crippen LogP contribution in [0.5, 0.6) is 0 Å². The number of carboxylic acid groups (broad SMARTS) is 1. The highest BCUT2D eigenvalue weighted by atomic mass is 19.4. The van der Waals surface area contributed by atoms with Crippen molar-refractivity contribution < 1.29 is 23.1 Å². The molecule has 1 aliphatic carbocycles. The number of rotatable bonds is 2. The van der Waals surface area contributed by atoms with Gasteiger partial charge < -0.3 is 10.8 Å². The van der Waals surface area contributed by atoms with Crippen LogP contribution in [0.25, 0.3) is 0 Å². The number of alkyl halides is 3. The van der Waals surface area contributed by atoms with Gasteiger partial charge in [-0.2, -0.15) is 13.2 Å². The SMILES string of the molecule is CC1c2ccc(C(F)(F)F)cc2CC1(N)CC(=O)O. The lowest BCUT2D eigenvalue weighted by molar-refractivity contribution is -0.139. The summed E-state index contributed by atoms with van der Waals surface area (Å²) in [6.07, 6.45) is -4.51. The zero-order valence-electron chi connectivity index (χ0n) is 10.3. The lowest BCUT2D eigenvalue weighted by Crippen LogP contribution is -2.45. The maximum atomic E-state index is 12.6. The van der Waals surface area contributed by atoms with E-state index < -0.39 is 23.2 Å². The Kier molecular flexibility index (Phi) is 3.09. The van der Waals surface area contributed by atoms with Gasteiger partial charge >= 0.3 is 12.1 Å². The normalized spacial score (nSPS) is 26.3. The molecule has 1 aliphatic rings. The fraction of sp³-hybridized carbons (Fsp3) is 0.462. The Morgan fingerprint density at radius 2 is 2.16 bits per heavy atom. The minimum Gasteiger partial charge on any atom is -0.481 e. The summed E-state index contributed by atoms with van der Waals surface area (Å²) in [5.74, 6) is -1.32. The lowest BCUT2D eigenvalue weighted by atomic mass is 9.84. The van der Waals surface area contributed by atoms with Crippen LogP contribution in [0.15, 0.2) is 18.2 Å². The second kappa shape index (κ2) is 4.23. The summed E-state index contributed by atoms with van der Waals surface area (Å²) in [4.78, 5) is 10.8. The fourth-order valence-corrected chi connectivity index (χ4v) is 2.67. The summed E-state index contributed by atoms with van der Waals surface area (Å²) in [6.45, 7) is 1.75. The molecule has 1 aromatic rings. The maximum absolute atomic E-state index is 12.6. The van der Waals surface area contributed by atoms with E-state index in [4.69, 9.17) is 10.8 Å². The monoisotopic (exact) mass is 273 g/mol. The highest BCUT2D eigenvalue weighted by Gasteiger charge is 2.43.